The molecule has 2 saturated carbocycles. The highest BCUT2D eigenvalue weighted by atomic mass is 14.5. The molecule has 2 aromatic carbocycles. The van der Waals surface area contributed by atoms with Gasteiger partial charge < -0.3 is 0 Å². The molecule has 0 radical (unpaired) electrons. The molecule has 0 heterocycles. The first-order chi connectivity index (χ1) is 11.4. The van der Waals surface area contributed by atoms with Crippen LogP contribution in [-0.2, 0) is 10.8 Å². The molecule has 0 aliphatic heterocycles. The largest absolute Gasteiger partial charge is 0.0619 e. The topological polar surface area (TPSA) is 0 Å². The Kier molecular flexibility index (Phi) is 2.99. The van der Waals surface area contributed by atoms with E-state index in [1.165, 1.54) is 57.8 Å². The van der Waals surface area contributed by atoms with Crippen LogP contribution in [0.2, 0.25) is 0 Å². The van der Waals surface area contributed by atoms with Crippen LogP contribution in [0.3, 0.4) is 0 Å². The maximum atomic E-state index is 2.47. The molecule has 0 amide bonds. The summed E-state index contributed by atoms with van der Waals surface area (Å²) in [6.45, 7) is 0. The quantitative estimate of drug-likeness (QED) is 0.550. The maximum Gasteiger partial charge on any atom is 0.0209 e. The molecule has 0 saturated heterocycles. The van der Waals surface area contributed by atoms with Crippen LogP contribution >= 0.6 is 0 Å². The fourth-order valence-corrected chi connectivity index (χ4v) is 6.14. The highest BCUT2D eigenvalue weighted by molar-refractivity contribution is 5.60. The number of hydrogen-bond donors (Lipinski definition) is 0. The third-order valence-corrected chi connectivity index (χ3v) is 7.08. The average molecular weight is 302 g/mol. The zero-order valence-electron chi connectivity index (χ0n) is 14.0. The molecule has 0 atom stereocenters. The highest BCUT2D eigenvalue weighted by Gasteiger charge is 2.50. The normalized spacial score (nSPS) is 23.7. The number of rotatable bonds is 0. The second kappa shape index (κ2) is 4.97. The predicted octanol–water partition coefficient (Wildman–Crippen LogP) is 6.11. The van der Waals surface area contributed by atoms with Gasteiger partial charge in [0.2, 0.25) is 0 Å². The molecule has 5 rings (SSSR count). The molecule has 2 aromatic rings. The Morgan fingerprint density at radius 3 is 1.09 bits per heavy atom. The Hall–Kier alpha value is -1.56. The lowest BCUT2D eigenvalue weighted by Crippen LogP contribution is -2.42. The van der Waals surface area contributed by atoms with E-state index in [9.17, 15) is 0 Å². The molecule has 0 aromatic heterocycles. The molecule has 0 bridgehead atoms. The second-order valence-corrected chi connectivity index (χ2v) is 8.02. The summed E-state index contributed by atoms with van der Waals surface area (Å²) in [6, 6.07) is 19.0. The molecule has 3 aliphatic rings. The van der Waals surface area contributed by atoms with Gasteiger partial charge in [-0.15, -0.1) is 0 Å². The van der Waals surface area contributed by atoms with Crippen LogP contribution in [0.15, 0.2) is 48.5 Å². The standard InChI is InChI=1S/C23H26/c1-6-14-22(15-7-1)18-10-2-4-12-20(18)23(16-8-9-17-23)21-13-5-3-11-19(21)22/h2-5,10-13H,1,6-9,14-17H2. The lowest BCUT2D eigenvalue weighted by atomic mass is 9.53. The van der Waals surface area contributed by atoms with Crippen LogP contribution in [0.1, 0.15) is 80.0 Å². The van der Waals surface area contributed by atoms with Crippen molar-refractivity contribution in [3.8, 4) is 0 Å². The smallest absolute Gasteiger partial charge is 0.0209 e. The van der Waals surface area contributed by atoms with E-state index in [0.29, 0.717) is 10.8 Å². The van der Waals surface area contributed by atoms with Gasteiger partial charge in [-0.05, 0) is 47.9 Å². The molecule has 0 heteroatoms. The lowest BCUT2D eigenvalue weighted by molar-refractivity contribution is 0.320. The van der Waals surface area contributed by atoms with Crippen LogP contribution in [0.4, 0.5) is 0 Å². The van der Waals surface area contributed by atoms with Gasteiger partial charge in [0.15, 0.2) is 0 Å². The fourth-order valence-electron chi connectivity index (χ4n) is 6.14. The van der Waals surface area contributed by atoms with Crippen molar-refractivity contribution in [2.45, 2.75) is 68.6 Å². The summed E-state index contributed by atoms with van der Waals surface area (Å²) >= 11 is 0. The average Bonchev–Trinajstić information content (AvgIpc) is 3.12. The van der Waals surface area contributed by atoms with Crippen LogP contribution in [0.25, 0.3) is 0 Å². The summed E-state index contributed by atoms with van der Waals surface area (Å²) in [5.74, 6) is 0. The number of fused-ring (bicyclic) bond motifs is 6. The minimum Gasteiger partial charge on any atom is -0.0619 e. The predicted molar refractivity (Wildman–Crippen MR) is 96.0 cm³/mol. The van der Waals surface area contributed by atoms with Gasteiger partial charge in [0, 0.05) is 10.8 Å². The minimum atomic E-state index is 0.305. The lowest BCUT2D eigenvalue weighted by Gasteiger charge is -2.50. The SMILES string of the molecule is c1ccc2c(c1)C1(CCCCC1)c1ccccc1C21CCCC1. The van der Waals surface area contributed by atoms with E-state index in [2.05, 4.69) is 48.5 Å². The Balaban J connectivity index is 1.84. The van der Waals surface area contributed by atoms with Crippen LogP contribution in [0.5, 0.6) is 0 Å². The van der Waals surface area contributed by atoms with Gasteiger partial charge in [-0.25, -0.2) is 0 Å². The first-order valence-electron chi connectivity index (χ1n) is 9.57. The van der Waals surface area contributed by atoms with Gasteiger partial charge in [-0.1, -0.05) is 80.6 Å². The van der Waals surface area contributed by atoms with Crippen molar-refractivity contribution in [2.75, 3.05) is 0 Å². The van der Waals surface area contributed by atoms with E-state index < -0.39 is 0 Å². The van der Waals surface area contributed by atoms with E-state index in [0.717, 1.165) is 0 Å². The van der Waals surface area contributed by atoms with Crippen molar-refractivity contribution in [1.82, 2.24) is 0 Å². The van der Waals surface area contributed by atoms with Gasteiger partial charge in [0.1, 0.15) is 0 Å². The summed E-state index contributed by atoms with van der Waals surface area (Å²) in [6.07, 6.45) is 12.3. The minimum absolute atomic E-state index is 0.305. The van der Waals surface area contributed by atoms with Crippen LogP contribution < -0.4 is 0 Å². The molecule has 2 spiro atoms. The molecule has 0 unspecified atom stereocenters. The molecule has 23 heavy (non-hydrogen) atoms. The summed E-state index contributed by atoms with van der Waals surface area (Å²) in [4.78, 5) is 0. The van der Waals surface area contributed by atoms with Crippen LogP contribution in [0, 0.1) is 0 Å². The van der Waals surface area contributed by atoms with E-state index >= 15 is 0 Å². The zero-order chi connectivity index (χ0) is 15.3. The Bertz CT molecular complexity index is 676. The van der Waals surface area contributed by atoms with Gasteiger partial charge in [0.25, 0.3) is 0 Å². The van der Waals surface area contributed by atoms with E-state index in [1.54, 1.807) is 22.3 Å². The second-order valence-electron chi connectivity index (χ2n) is 8.02. The van der Waals surface area contributed by atoms with Crippen molar-refractivity contribution in [2.24, 2.45) is 0 Å². The zero-order valence-corrected chi connectivity index (χ0v) is 14.0. The third-order valence-electron chi connectivity index (χ3n) is 7.08. The van der Waals surface area contributed by atoms with E-state index in [4.69, 9.17) is 0 Å². The van der Waals surface area contributed by atoms with Crippen molar-refractivity contribution in [1.29, 1.82) is 0 Å². The number of hydrogen-bond acceptors (Lipinski definition) is 0. The van der Waals surface area contributed by atoms with Gasteiger partial charge in [0.05, 0.1) is 0 Å². The van der Waals surface area contributed by atoms with E-state index in [1.807, 2.05) is 0 Å². The molecular formula is C23H26. The Morgan fingerprint density at radius 1 is 0.435 bits per heavy atom. The third kappa shape index (κ3) is 1.73. The fraction of sp³-hybridized carbons (Fsp3) is 0.478. The van der Waals surface area contributed by atoms with E-state index in [-0.39, 0.29) is 0 Å². The van der Waals surface area contributed by atoms with Crippen molar-refractivity contribution in [3.63, 3.8) is 0 Å². The number of benzene rings is 2. The van der Waals surface area contributed by atoms with Crippen molar-refractivity contribution >= 4 is 0 Å². The summed E-state index contributed by atoms with van der Waals surface area (Å²) in [5.41, 5.74) is 7.34. The van der Waals surface area contributed by atoms with Crippen LogP contribution in [-0.4, -0.2) is 0 Å². The van der Waals surface area contributed by atoms with Crippen molar-refractivity contribution < 1.29 is 0 Å². The Labute approximate surface area is 139 Å². The van der Waals surface area contributed by atoms with Gasteiger partial charge >= 0.3 is 0 Å². The first kappa shape index (κ1) is 13.8. The monoisotopic (exact) mass is 302 g/mol. The summed E-state index contributed by atoms with van der Waals surface area (Å²) in [7, 11) is 0. The molecule has 2 fully saturated rings. The highest BCUT2D eigenvalue weighted by Crippen LogP contribution is 2.59. The van der Waals surface area contributed by atoms with Crippen molar-refractivity contribution in [3.05, 3.63) is 70.8 Å². The Morgan fingerprint density at radius 2 is 0.739 bits per heavy atom. The molecular weight excluding hydrogens is 276 g/mol. The van der Waals surface area contributed by atoms with Gasteiger partial charge in [-0.2, -0.15) is 0 Å². The summed E-state index contributed by atoms with van der Waals surface area (Å²) in [5, 5.41) is 0. The molecule has 0 N–H and O–H groups in total. The van der Waals surface area contributed by atoms with Gasteiger partial charge in [-0.3, -0.25) is 0 Å². The summed E-state index contributed by atoms with van der Waals surface area (Å²) < 4.78 is 0. The molecule has 3 aliphatic carbocycles. The first-order valence-corrected chi connectivity index (χ1v) is 9.57. The molecule has 0 nitrogen and oxygen atoms in total. The molecule has 118 valence electrons. The maximum absolute atomic E-state index is 2.47.